The molecule has 0 atom stereocenters. The number of sulfonamides is 1. The molecule has 3 aromatic rings. The maximum atomic E-state index is 13.5. The van der Waals surface area contributed by atoms with Gasteiger partial charge in [0.05, 0.1) is 10.6 Å². The van der Waals surface area contributed by atoms with E-state index in [4.69, 9.17) is 5.14 Å². The molecule has 0 fully saturated rings. The van der Waals surface area contributed by atoms with Gasteiger partial charge in [0.2, 0.25) is 10.0 Å². The molecule has 0 aliphatic carbocycles. The minimum Gasteiger partial charge on any atom is -0.307 e. The molecule has 36 heavy (non-hydrogen) atoms. The standard InChI is InChI=1S/C29H29BrN2O3S/c1-29(2,3)24-10-8-22(9-11-24)27-19-23(18-21-4-12-25(30)13-5-21)28(33)32(27)17-16-20-6-14-26(15-7-20)36(31,34)35/h4-15,18-19H,16-17H2,1-3H3,(H2,31,34,35)/b23-18+. The smallest absolute Gasteiger partial charge is 0.258 e. The number of benzene rings is 3. The zero-order valence-electron chi connectivity index (χ0n) is 20.5. The lowest BCUT2D eigenvalue weighted by molar-refractivity contribution is -0.122. The average Bonchev–Trinajstić information content (AvgIpc) is 3.13. The Morgan fingerprint density at radius 2 is 1.53 bits per heavy atom. The number of nitrogens with two attached hydrogens (primary N) is 1. The summed E-state index contributed by atoms with van der Waals surface area (Å²) in [5, 5.41) is 5.21. The van der Waals surface area contributed by atoms with Gasteiger partial charge in [0.15, 0.2) is 0 Å². The fourth-order valence-electron chi connectivity index (χ4n) is 4.08. The summed E-state index contributed by atoms with van der Waals surface area (Å²) in [4.78, 5) is 15.4. The van der Waals surface area contributed by atoms with Crippen molar-refractivity contribution in [3.8, 4) is 0 Å². The first-order valence-electron chi connectivity index (χ1n) is 11.7. The first-order chi connectivity index (χ1) is 16.9. The quantitative estimate of drug-likeness (QED) is 0.378. The van der Waals surface area contributed by atoms with Crippen molar-refractivity contribution in [3.05, 3.63) is 111 Å². The van der Waals surface area contributed by atoms with Crippen LogP contribution in [0.15, 0.2) is 93.8 Å². The van der Waals surface area contributed by atoms with Crippen LogP contribution in [-0.4, -0.2) is 25.8 Å². The van der Waals surface area contributed by atoms with Crippen LogP contribution in [-0.2, 0) is 26.7 Å². The number of hydrogen-bond donors (Lipinski definition) is 1. The summed E-state index contributed by atoms with van der Waals surface area (Å²) in [5.74, 6) is -0.0611. The predicted molar refractivity (Wildman–Crippen MR) is 148 cm³/mol. The molecule has 1 amide bonds. The van der Waals surface area contributed by atoms with Crippen LogP contribution >= 0.6 is 15.9 Å². The summed E-state index contributed by atoms with van der Waals surface area (Å²) in [6.45, 7) is 6.98. The van der Waals surface area contributed by atoms with Gasteiger partial charge in [-0.05, 0) is 70.5 Å². The second kappa shape index (κ2) is 10.2. The highest BCUT2D eigenvalue weighted by Crippen LogP contribution is 2.32. The van der Waals surface area contributed by atoms with Gasteiger partial charge < -0.3 is 4.90 Å². The lowest BCUT2D eigenvalue weighted by atomic mass is 9.86. The Bertz CT molecular complexity index is 1430. The van der Waals surface area contributed by atoms with Crippen LogP contribution in [0, 0.1) is 0 Å². The van der Waals surface area contributed by atoms with E-state index >= 15 is 0 Å². The Morgan fingerprint density at radius 3 is 2.08 bits per heavy atom. The van der Waals surface area contributed by atoms with Crippen LogP contribution in [0.1, 0.15) is 43.0 Å². The van der Waals surface area contributed by atoms with Gasteiger partial charge in [-0.1, -0.05) is 85.2 Å². The SMILES string of the molecule is CC(C)(C)c1ccc(C2=C/C(=C\c3ccc(Br)cc3)C(=O)N2CCc2ccc(S(N)(=O)=O)cc2)cc1. The molecule has 0 unspecified atom stereocenters. The maximum Gasteiger partial charge on any atom is 0.258 e. The minimum atomic E-state index is -3.74. The lowest BCUT2D eigenvalue weighted by Crippen LogP contribution is -2.28. The number of amides is 1. The largest absolute Gasteiger partial charge is 0.307 e. The third kappa shape index (κ3) is 6.03. The molecule has 186 valence electrons. The molecule has 0 spiro atoms. The molecule has 4 rings (SSSR count). The van der Waals surface area contributed by atoms with Crippen LogP contribution in [0.4, 0.5) is 0 Å². The monoisotopic (exact) mass is 564 g/mol. The summed E-state index contributed by atoms with van der Waals surface area (Å²) in [7, 11) is -3.74. The Morgan fingerprint density at radius 1 is 0.917 bits per heavy atom. The second-order valence-corrected chi connectivity index (χ2v) is 12.4. The van der Waals surface area contributed by atoms with Crippen molar-refractivity contribution in [1.29, 1.82) is 0 Å². The number of rotatable bonds is 6. The van der Waals surface area contributed by atoms with Gasteiger partial charge >= 0.3 is 0 Å². The average molecular weight is 566 g/mol. The highest BCUT2D eigenvalue weighted by molar-refractivity contribution is 9.10. The van der Waals surface area contributed by atoms with Crippen LogP contribution < -0.4 is 5.14 Å². The molecular weight excluding hydrogens is 536 g/mol. The summed E-state index contributed by atoms with van der Waals surface area (Å²) in [5.41, 5.74) is 5.57. The van der Waals surface area contributed by atoms with E-state index in [1.807, 2.05) is 36.4 Å². The number of carbonyl (C=O) groups is 1. The Kier molecular flexibility index (Phi) is 7.36. The summed E-state index contributed by atoms with van der Waals surface area (Å²) in [6.07, 6.45) is 4.42. The van der Waals surface area contributed by atoms with E-state index in [1.165, 1.54) is 17.7 Å². The molecule has 0 bridgehead atoms. The van der Waals surface area contributed by atoms with Gasteiger partial charge in [0.1, 0.15) is 0 Å². The van der Waals surface area contributed by atoms with Crippen LogP contribution in [0.25, 0.3) is 11.8 Å². The number of primary sulfonamides is 1. The number of carbonyl (C=O) groups excluding carboxylic acids is 1. The minimum absolute atomic E-state index is 0.0356. The van der Waals surface area contributed by atoms with E-state index in [0.29, 0.717) is 18.5 Å². The van der Waals surface area contributed by atoms with Crippen molar-refractivity contribution in [3.63, 3.8) is 0 Å². The fraction of sp³-hybridized carbons (Fsp3) is 0.207. The highest BCUT2D eigenvalue weighted by Gasteiger charge is 2.29. The fourth-order valence-corrected chi connectivity index (χ4v) is 4.86. The maximum absolute atomic E-state index is 13.5. The molecule has 0 aromatic heterocycles. The normalized spacial score (nSPS) is 15.5. The second-order valence-electron chi connectivity index (χ2n) is 9.90. The van der Waals surface area contributed by atoms with E-state index in [9.17, 15) is 13.2 Å². The Labute approximate surface area is 221 Å². The Balaban J connectivity index is 1.64. The van der Waals surface area contributed by atoms with Crippen LogP contribution in [0.2, 0.25) is 0 Å². The van der Waals surface area contributed by atoms with Crippen molar-refractivity contribution < 1.29 is 13.2 Å². The third-order valence-corrected chi connectivity index (χ3v) is 7.65. The topological polar surface area (TPSA) is 80.5 Å². The molecule has 0 radical (unpaired) electrons. The summed E-state index contributed by atoms with van der Waals surface area (Å²) < 4.78 is 24.1. The van der Waals surface area contributed by atoms with Crippen LogP contribution in [0.5, 0.6) is 0 Å². The van der Waals surface area contributed by atoms with Crippen molar-refractivity contribution in [2.24, 2.45) is 5.14 Å². The number of halogens is 1. The van der Waals surface area contributed by atoms with Gasteiger partial charge in [-0.25, -0.2) is 13.6 Å². The molecule has 7 heteroatoms. The molecule has 1 heterocycles. The van der Waals surface area contributed by atoms with Crippen molar-refractivity contribution in [2.45, 2.75) is 37.5 Å². The van der Waals surface area contributed by atoms with E-state index in [-0.39, 0.29) is 16.2 Å². The van der Waals surface area contributed by atoms with Gasteiger partial charge in [-0.15, -0.1) is 0 Å². The third-order valence-electron chi connectivity index (χ3n) is 6.19. The highest BCUT2D eigenvalue weighted by atomic mass is 79.9. The first-order valence-corrected chi connectivity index (χ1v) is 14.0. The van der Waals surface area contributed by atoms with Crippen LogP contribution in [0.3, 0.4) is 0 Å². The van der Waals surface area contributed by atoms with Gasteiger partial charge in [-0.2, -0.15) is 0 Å². The Hall–Kier alpha value is -3.00. The zero-order chi connectivity index (χ0) is 26.1. The zero-order valence-corrected chi connectivity index (χ0v) is 22.9. The molecule has 0 saturated carbocycles. The van der Waals surface area contributed by atoms with Crippen molar-refractivity contribution in [2.75, 3.05) is 6.54 Å². The van der Waals surface area contributed by atoms with E-state index in [1.54, 1.807) is 17.0 Å². The first kappa shape index (κ1) is 26.1. The van der Waals surface area contributed by atoms with Crippen molar-refractivity contribution >= 4 is 43.6 Å². The van der Waals surface area contributed by atoms with Crippen molar-refractivity contribution in [1.82, 2.24) is 4.90 Å². The molecule has 1 aliphatic heterocycles. The van der Waals surface area contributed by atoms with E-state index in [2.05, 4.69) is 61.0 Å². The van der Waals surface area contributed by atoms with Gasteiger partial charge in [-0.3, -0.25) is 4.79 Å². The van der Waals surface area contributed by atoms with E-state index < -0.39 is 10.0 Å². The molecule has 3 aromatic carbocycles. The number of hydrogen-bond acceptors (Lipinski definition) is 3. The molecule has 0 saturated heterocycles. The summed E-state index contributed by atoms with van der Waals surface area (Å²) >= 11 is 3.45. The summed E-state index contributed by atoms with van der Waals surface area (Å²) in [6, 6.07) is 22.6. The van der Waals surface area contributed by atoms with E-state index in [0.717, 1.165) is 26.9 Å². The molecular formula is C29H29BrN2O3S. The molecule has 2 N–H and O–H groups in total. The van der Waals surface area contributed by atoms with Gasteiger partial charge in [0, 0.05) is 16.6 Å². The molecule has 1 aliphatic rings. The number of nitrogens with zero attached hydrogens (tertiary/aromatic N) is 1. The predicted octanol–water partition coefficient (Wildman–Crippen LogP) is 5.90. The molecule has 5 nitrogen and oxygen atoms in total. The van der Waals surface area contributed by atoms with Gasteiger partial charge in [0.25, 0.3) is 5.91 Å². The lowest BCUT2D eigenvalue weighted by Gasteiger charge is -2.23.